The van der Waals surface area contributed by atoms with Crippen molar-refractivity contribution in [1.82, 2.24) is 9.78 Å². The first-order valence-corrected chi connectivity index (χ1v) is 8.33. The van der Waals surface area contributed by atoms with Crippen molar-refractivity contribution in [2.45, 2.75) is 13.0 Å². The monoisotopic (exact) mass is 375 g/mol. The van der Waals surface area contributed by atoms with Gasteiger partial charge in [-0.2, -0.15) is 5.10 Å². The van der Waals surface area contributed by atoms with E-state index in [4.69, 9.17) is 27.9 Å². The molecule has 2 aromatic carbocycles. The van der Waals surface area contributed by atoms with Gasteiger partial charge in [-0.3, -0.25) is 4.79 Å². The van der Waals surface area contributed by atoms with Gasteiger partial charge in [-0.1, -0.05) is 47.5 Å². The molecule has 25 heavy (non-hydrogen) atoms. The molecular weight excluding hydrogens is 361 g/mol. The van der Waals surface area contributed by atoms with Gasteiger partial charge in [-0.05, 0) is 31.2 Å². The second kappa shape index (κ2) is 7.59. The van der Waals surface area contributed by atoms with Crippen LogP contribution in [0.25, 0.3) is 5.69 Å². The standard InChI is InChI=1S/C18H15Cl2N3O2/c1-12(25-15-9-5-8-14(19)17(15)20)18(24)21-16-10-11-23(22-16)13-6-3-2-4-7-13/h2-12H,1H3,(H,21,22,24). The Labute approximate surface area is 155 Å². The predicted octanol–water partition coefficient (Wildman–Crippen LogP) is 4.59. The maximum absolute atomic E-state index is 12.3. The highest BCUT2D eigenvalue weighted by Crippen LogP contribution is 2.32. The molecular formula is C18H15Cl2N3O2. The van der Waals surface area contributed by atoms with Crippen LogP contribution in [-0.2, 0) is 4.79 Å². The first kappa shape index (κ1) is 17.3. The summed E-state index contributed by atoms with van der Waals surface area (Å²) in [5.41, 5.74) is 0.901. The Morgan fingerprint density at radius 2 is 1.88 bits per heavy atom. The van der Waals surface area contributed by atoms with E-state index in [1.807, 2.05) is 30.3 Å². The summed E-state index contributed by atoms with van der Waals surface area (Å²) in [5, 5.41) is 7.68. The number of hydrogen-bond acceptors (Lipinski definition) is 3. The number of halogens is 2. The Kier molecular flexibility index (Phi) is 5.26. The smallest absolute Gasteiger partial charge is 0.266 e. The molecule has 0 spiro atoms. The third kappa shape index (κ3) is 4.13. The number of rotatable bonds is 5. The quantitative estimate of drug-likeness (QED) is 0.709. The number of nitrogens with one attached hydrogen (secondary N) is 1. The van der Waals surface area contributed by atoms with Gasteiger partial charge in [-0.15, -0.1) is 0 Å². The third-order valence-electron chi connectivity index (χ3n) is 3.45. The lowest BCUT2D eigenvalue weighted by molar-refractivity contribution is -0.122. The van der Waals surface area contributed by atoms with Crippen LogP contribution in [0.5, 0.6) is 5.75 Å². The van der Waals surface area contributed by atoms with E-state index < -0.39 is 6.10 Å². The Hall–Kier alpha value is -2.50. The van der Waals surface area contributed by atoms with Gasteiger partial charge in [0, 0.05) is 12.3 Å². The van der Waals surface area contributed by atoms with Crippen LogP contribution in [0.2, 0.25) is 10.0 Å². The van der Waals surface area contributed by atoms with Crippen molar-refractivity contribution < 1.29 is 9.53 Å². The number of hydrogen-bond donors (Lipinski definition) is 1. The molecule has 1 unspecified atom stereocenters. The number of nitrogens with zero attached hydrogens (tertiary/aromatic N) is 2. The second-order valence-corrected chi connectivity index (χ2v) is 6.07. The number of anilines is 1. The maximum Gasteiger partial charge on any atom is 0.266 e. The fourth-order valence-corrected chi connectivity index (χ4v) is 2.50. The fraction of sp³-hybridized carbons (Fsp3) is 0.111. The summed E-state index contributed by atoms with van der Waals surface area (Å²) in [6.45, 7) is 1.63. The molecule has 0 saturated heterocycles. The lowest BCUT2D eigenvalue weighted by Gasteiger charge is -2.15. The Balaban J connectivity index is 1.66. The normalized spacial score (nSPS) is 11.8. The molecule has 128 valence electrons. The molecule has 7 heteroatoms. The highest BCUT2D eigenvalue weighted by atomic mass is 35.5. The summed E-state index contributed by atoms with van der Waals surface area (Å²) in [6, 6.07) is 16.3. The zero-order chi connectivity index (χ0) is 17.8. The molecule has 0 radical (unpaired) electrons. The third-order valence-corrected chi connectivity index (χ3v) is 4.25. The topological polar surface area (TPSA) is 56.1 Å². The summed E-state index contributed by atoms with van der Waals surface area (Å²) in [7, 11) is 0. The zero-order valence-electron chi connectivity index (χ0n) is 13.3. The molecule has 1 amide bonds. The van der Waals surface area contributed by atoms with E-state index >= 15 is 0 Å². The molecule has 3 aromatic rings. The molecule has 1 N–H and O–H groups in total. The molecule has 0 saturated carbocycles. The largest absolute Gasteiger partial charge is 0.479 e. The minimum Gasteiger partial charge on any atom is -0.479 e. The molecule has 0 aliphatic heterocycles. The molecule has 1 heterocycles. The Morgan fingerprint density at radius 1 is 1.12 bits per heavy atom. The van der Waals surface area contributed by atoms with E-state index in [1.165, 1.54) is 0 Å². The van der Waals surface area contributed by atoms with Crippen molar-refractivity contribution in [3.05, 3.63) is 70.8 Å². The number of benzene rings is 2. The molecule has 0 aliphatic carbocycles. The van der Waals surface area contributed by atoms with E-state index in [-0.39, 0.29) is 10.9 Å². The van der Waals surface area contributed by atoms with E-state index in [1.54, 1.807) is 42.1 Å². The summed E-state index contributed by atoms with van der Waals surface area (Å²) < 4.78 is 7.26. The van der Waals surface area contributed by atoms with E-state index in [0.29, 0.717) is 16.6 Å². The molecule has 0 aliphatic rings. The van der Waals surface area contributed by atoms with Gasteiger partial charge >= 0.3 is 0 Å². The highest BCUT2D eigenvalue weighted by molar-refractivity contribution is 6.42. The van der Waals surface area contributed by atoms with Gasteiger partial charge in [0.15, 0.2) is 11.9 Å². The van der Waals surface area contributed by atoms with Crippen LogP contribution in [0.4, 0.5) is 5.82 Å². The maximum atomic E-state index is 12.3. The lowest BCUT2D eigenvalue weighted by atomic mass is 10.3. The molecule has 1 atom stereocenters. The van der Waals surface area contributed by atoms with Crippen molar-refractivity contribution >= 4 is 34.9 Å². The molecule has 0 fully saturated rings. The fourth-order valence-electron chi connectivity index (χ4n) is 2.16. The van der Waals surface area contributed by atoms with Crippen molar-refractivity contribution in [2.75, 3.05) is 5.32 Å². The van der Waals surface area contributed by atoms with Crippen LogP contribution in [-0.4, -0.2) is 21.8 Å². The average molecular weight is 376 g/mol. The summed E-state index contributed by atoms with van der Waals surface area (Å²) in [6.07, 6.45) is 1.00. The van der Waals surface area contributed by atoms with Crippen molar-refractivity contribution in [1.29, 1.82) is 0 Å². The SMILES string of the molecule is CC(Oc1cccc(Cl)c1Cl)C(=O)Nc1ccn(-c2ccccc2)n1. The lowest BCUT2D eigenvalue weighted by Crippen LogP contribution is -2.30. The van der Waals surface area contributed by atoms with E-state index in [9.17, 15) is 4.79 Å². The molecule has 3 rings (SSSR count). The van der Waals surface area contributed by atoms with Crippen LogP contribution in [0.1, 0.15) is 6.92 Å². The van der Waals surface area contributed by atoms with Crippen molar-refractivity contribution in [2.24, 2.45) is 0 Å². The van der Waals surface area contributed by atoms with Gasteiger partial charge in [0.2, 0.25) is 0 Å². The number of aromatic nitrogens is 2. The molecule has 1 aromatic heterocycles. The number of para-hydroxylation sites is 1. The van der Waals surface area contributed by atoms with Crippen LogP contribution in [0, 0.1) is 0 Å². The van der Waals surface area contributed by atoms with E-state index in [2.05, 4.69) is 10.4 Å². The Bertz CT molecular complexity index is 881. The number of carbonyl (C=O) groups excluding carboxylic acids is 1. The van der Waals surface area contributed by atoms with Gasteiger partial charge in [-0.25, -0.2) is 4.68 Å². The molecule has 5 nitrogen and oxygen atoms in total. The zero-order valence-corrected chi connectivity index (χ0v) is 14.8. The first-order chi connectivity index (χ1) is 12.0. The van der Waals surface area contributed by atoms with Gasteiger partial charge < -0.3 is 10.1 Å². The van der Waals surface area contributed by atoms with E-state index in [0.717, 1.165) is 5.69 Å². The summed E-state index contributed by atoms with van der Waals surface area (Å²) >= 11 is 12.0. The van der Waals surface area contributed by atoms with Crippen LogP contribution in [0.3, 0.4) is 0 Å². The number of ether oxygens (including phenoxy) is 1. The van der Waals surface area contributed by atoms with Crippen molar-refractivity contribution in [3.8, 4) is 11.4 Å². The summed E-state index contributed by atoms with van der Waals surface area (Å²) in [4.78, 5) is 12.3. The average Bonchev–Trinajstić information content (AvgIpc) is 3.08. The van der Waals surface area contributed by atoms with Gasteiger partial charge in [0.25, 0.3) is 5.91 Å². The van der Waals surface area contributed by atoms with Crippen LogP contribution >= 0.6 is 23.2 Å². The van der Waals surface area contributed by atoms with Gasteiger partial charge in [0.05, 0.1) is 10.7 Å². The molecule has 0 bridgehead atoms. The number of amides is 1. The minimum atomic E-state index is -0.766. The summed E-state index contributed by atoms with van der Waals surface area (Å²) in [5.74, 6) is 0.447. The first-order valence-electron chi connectivity index (χ1n) is 7.57. The number of carbonyl (C=O) groups is 1. The van der Waals surface area contributed by atoms with Crippen LogP contribution < -0.4 is 10.1 Å². The second-order valence-electron chi connectivity index (χ2n) is 5.28. The Morgan fingerprint density at radius 3 is 2.64 bits per heavy atom. The minimum absolute atomic E-state index is 0.275. The van der Waals surface area contributed by atoms with Crippen LogP contribution in [0.15, 0.2) is 60.8 Å². The highest BCUT2D eigenvalue weighted by Gasteiger charge is 2.18. The van der Waals surface area contributed by atoms with Gasteiger partial charge in [0.1, 0.15) is 10.8 Å². The predicted molar refractivity (Wildman–Crippen MR) is 98.7 cm³/mol. The van der Waals surface area contributed by atoms with Crippen molar-refractivity contribution in [3.63, 3.8) is 0 Å².